The number of hydrogen-bond donors (Lipinski definition) is 1. The minimum atomic E-state index is 0.115. The number of nitrogens with two attached hydrogens (primary N) is 1. The zero-order chi connectivity index (χ0) is 13.8. The van der Waals surface area contributed by atoms with Crippen LogP contribution in [-0.4, -0.2) is 12.6 Å². The third-order valence-corrected chi connectivity index (χ3v) is 4.29. The summed E-state index contributed by atoms with van der Waals surface area (Å²) in [6.07, 6.45) is 3.78. The predicted molar refractivity (Wildman–Crippen MR) is 80.6 cm³/mol. The van der Waals surface area contributed by atoms with Crippen LogP contribution in [-0.2, 0) is 0 Å². The van der Waals surface area contributed by atoms with Gasteiger partial charge in [-0.3, -0.25) is 0 Å². The fourth-order valence-electron chi connectivity index (χ4n) is 3.24. The van der Waals surface area contributed by atoms with Crippen LogP contribution < -0.4 is 10.5 Å². The highest BCUT2D eigenvalue weighted by atomic mass is 35.5. The van der Waals surface area contributed by atoms with Crippen molar-refractivity contribution in [2.75, 3.05) is 6.61 Å². The largest absolute Gasteiger partial charge is 0.492 e. The Morgan fingerprint density at radius 2 is 1.95 bits per heavy atom. The molecular weight excluding hydrogens is 258 g/mol. The van der Waals surface area contributed by atoms with Gasteiger partial charge in [-0.1, -0.05) is 31.5 Å². The van der Waals surface area contributed by atoms with Crippen molar-refractivity contribution in [3.05, 3.63) is 29.3 Å². The second kappa shape index (κ2) is 6.62. The van der Waals surface area contributed by atoms with E-state index in [0.717, 1.165) is 17.6 Å². The van der Waals surface area contributed by atoms with Gasteiger partial charge >= 0.3 is 0 Å². The van der Waals surface area contributed by atoms with E-state index in [1.54, 1.807) is 0 Å². The lowest BCUT2D eigenvalue weighted by Gasteiger charge is -2.34. The van der Waals surface area contributed by atoms with E-state index >= 15 is 0 Å². The van der Waals surface area contributed by atoms with Gasteiger partial charge in [0.1, 0.15) is 12.4 Å². The molecule has 0 amide bonds. The van der Waals surface area contributed by atoms with E-state index in [0.29, 0.717) is 17.5 Å². The molecule has 3 heteroatoms. The topological polar surface area (TPSA) is 35.2 Å². The summed E-state index contributed by atoms with van der Waals surface area (Å²) in [5, 5.41) is 0.700. The molecule has 106 valence electrons. The van der Waals surface area contributed by atoms with Crippen LogP contribution in [0.3, 0.4) is 0 Å². The monoisotopic (exact) mass is 281 g/mol. The maximum Gasteiger partial charge on any atom is 0.120 e. The maximum atomic E-state index is 6.30. The van der Waals surface area contributed by atoms with Crippen molar-refractivity contribution in [1.29, 1.82) is 0 Å². The van der Waals surface area contributed by atoms with Crippen LogP contribution >= 0.6 is 11.6 Å². The Labute approximate surface area is 121 Å². The average molecular weight is 282 g/mol. The van der Waals surface area contributed by atoms with Gasteiger partial charge in [-0.25, -0.2) is 0 Å². The second-order valence-electron chi connectivity index (χ2n) is 6.11. The van der Waals surface area contributed by atoms with Crippen LogP contribution in [0.15, 0.2) is 24.3 Å². The summed E-state index contributed by atoms with van der Waals surface area (Å²) < 4.78 is 5.76. The van der Waals surface area contributed by atoms with Gasteiger partial charge < -0.3 is 10.5 Å². The highest BCUT2D eigenvalue weighted by molar-refractivity contribution is 6.30. The molecule has 0 heterocycles. The summed E-state index contributed by atoms with van der Waals surface area (Å²) in [4.78, 5) is 0. The van der Waals surface area contributed by atoms with Crippen LogP contribution in [0.5, 0.6) is 5.75 Å². The number of halogens is 1. The minimum absolute atomic E-state index is 0.115. The van der Waals surface area contributed by atoms with Gasteiger partial charge in [0.2, 0.25) is 0 Å². The first-order valence-corrected chi connectivity index (χ1v) is 7.56. The van der Waals surface area contributed by atoms with Crippen LogP contribution in [0.4, 0.5) is 0 Å². The molecule has 1 aromatic carbocycles. The number of ether oxygens (including phenoxy) is 1. The first kappa shape index (κ1) is 14.7. The zero-order valence-corrected chi connectivity index (χ0v) is 12.6. The molecule has 2 rings (SSSR count). The van der Waals surface area contributed by atoms with Crippen molar-refractivity contribution in [3.63, 3.8) is 0 Å². The number of rotatable bonds is 4. The molecule has 19 heavy (non-hydrogen) atoms. The zero-order valence-electron chi connectivity index (χ0n) is 11.8. The summed E-state index contributed by atoms with van der Waals surface area (Å²) >= 11 is 5.94. The summed E-state index contributed by atoms with van der Waals surface area (Å²) in [6.45, 7) is 5.23. The Balaban J connectivity index is 1.85. The normalized spacial score (nSPS) is 28.9. The smallest absolute Gasteiger partial charge is 0.120 e. The van der Waals surface area contributed by atoms with Gasteiger partial charge in [-0.05, 0) is 55.2 Å². The molecule has 0 radical (unpaired) electrons. The molecule has 0 bridgehead atoms. The van der Waals surface area contributed by atoms with E-state index in [1.807, 2.05) is 24.3 Å². The Kier molecular flexibility index (Phi) is 5.12. The molecular formula is C16H24ClNO. The van der Waals surface area contributed by atoms with Gasteiger partial charge in [0.25, 0.3) is 0 Å². The average Bonchev–Trinajstić information content (AvgIpc) is 2.35. The van der Waals surface area contributed by atoms with Crippen LogP contribution in [0.2, 0.25) is 5.02 Å². The van der Waals surface area contributed by atoms with E-state index in [1.165, 1.54) is 19.3 Å². The van der Waals surface area contributed by atoms with Crippen molar-refractivity contribution < 1.29 is 4.74 Å². The molecule has 0 saturated heterocycles. The van der Waals surface area contributed by atoms with Gasteiger partial charge in [0.05, 0.1) is 0 Å². The molecule has 1 aromatic rings. The molecule has 0 spiro atoms. The molecule has 3 unspecified atom stereocenters. The van der Waals surface area contributed by atoms with Crippen LogP contribution in [0.1, 0.15) is 33.1 Å². The number of benzene rings is 1. The number of hydrogen-bond acceptors (Lipinski definition) is 2. The summed E-state index contributed by atoms with van der Waals surface area (Å²) in [6, 6.07) is 7.61. The lowest BCUT2D eigenvalue weighted by molar-refractivity contribution is 0.158. The van der Waals surface area contributed by atoms with Gasteiger partial charge in [0.15, 0.2) is 0 Å². The van der Waals surface area contributed by atoms with E-state index in [4.69, 9.17) is 22.1 Å². The van der Waals surface area contributed by atoms with Crippen molar-refractivity contribution in [2.24, 2.45) is 23.5 Å². The molecule has 2 nitrogen and oxygen atoms in total. The Hall–Kier alpha value is -0.730. The van der Waals surface area contributed by atoms with Crippen molar-refractivity contribution >= 4 is 11.6 Å². The first-order valence-electron chi connectivity index (χ1n) is 7.18. The molecule has 1 fully saturated rings. The summed E-state index contributed by atoms with van der Waals surface area (Å²) in [5.74, 6) is 2.95. The van der Waals surface area contributed by atoms with Gasteiger partial charge in [-0.15, -0.1) is 0 Å². The standard InChI is InChI=1S/C16H24ClNO/c1-11-6-12(2)8-13(7-11)16(18)10-19-15-5-3-4-14(17)9-15/h3-5,9,11-13,16H,6-8,10,18H2,1-2H3. The van der Waals surface area contributed by atoms with Crippen molar-refractivity contribution in [2.45, 2.75) is 39.2 Å². The first-order chi connectivity index (χ1) is 9.04. The lowest BCUT2D eigenvalue weighted by Crippen LogP contribution is -2.39. The quantitative estimate of drug-likeness (QED) is 0.901. The maximum absolute atomic E-state index is 6.30. The highest BCUT2D eigenvalue weighted by Crippen LogP contribution is 2.34. The predicted octanol–water partition coefficient (Wildman–Crippen LogP) is 4.12. The van der Waals surface area contributed by atoms with E-state index < -0.39 is 0 Å². The molecule has 1 aliphatic rings. The van der Waals surface area contributed by atoms with E-state index in [2.05, 4.69) is 13.8 Å². The molecule has 2 N–H and O–H groups in total. The van der Waals surface area contributed by atoms with Crippen LogP contribution in [0, 0.1) is 17.8 Å². The van der Waals surface area contributed by atoms with Crippen molar-refractivity contribution in [3.8, 4) is 5.75 Å². The highest BCUT2D eigenvalue weighted by Gasteiger charge is 2.28. The fourth-order valence-corrected chi connectivity index (χ4v) is 3.42. The lowest BCUT2D eigenvalue weighted by atomic mass is 9.74. The SMILES string of the molecule is CC1CC(C)CC(C(N)COc2cccc(Cl)c2)C1. The second-order valence-corrected chi connectivity index (χ2v) is 6.55. The molecule has 1 aliphatic carbocycles. The van der Waals surface area contributed by atoms with Gasteiger partial charge in [0, 0.05) is 11.1 Å². The third kappa shape index (κ3) is 4.39. The molecule has 1 saturated carbocycles. The third-order valence-electron chi connectivity index (χ3n) is 4.06. The van der Waals surface area contributed by atoms with Crippen LogP contribution in [0.25, 0.3) is 0 Å². The Morgan fingerprint density at radius 1 is 1.26 bits per heavy atom. The van der Waals surface area contributed by atoms with E-state index in [9.17, 15) is 0 Å². The Morgan fingerprint density at radius 3 is 2.58 bits per heavy atom. The Bertz CT molecular complexity index is 399. The summed E-state index contributed by atoms with van der Waals surface area (Å²) in [5.41, 5.74) is 6.30. The molecule has 0 aromatic heterocycles. The van der Waals surface area contributed by atoms with Crippen molar-refractivity contribution in [1.82, 2.24) is 0 Å². The fraction of sp³-hybridized carbons (Fsp3) is 0.625. The van der Waals surface area contributed by atoms with E-state index in [-0.39, 0.29) is 6.04 Å². The minimum Gasteiger partial charge on any atom is -0.492 e. The molecule has 0 aliphatic heterocycles. The van der Waals surface area contributed by atoms with Gasteiger partial charge in [-0.2, -0.15) is 0 Å². The molecule has 3 atom stereocenters. The summed E-state index contributed by atoms with van der Waals surface area (Å²) in [7, 11) is 0.